The summed E-state index contributed by atoms with van der Waals surface area (Å²) in [6, 6.07) is 12.7. The number of nitrogen functional groups attached to an aromatic ring is 1. The van der Waals surface area contributed by atoms with Crippen molar-refractivity contribution in [1.29, 1.82) is 5.41 Å². The highest BCUT2D eigenvalue weighted by atomic mass is 32.2. The van der Waals surface area contributed by atoms with Crippen molar-refractivity contribution in [2.24, 2.45) is 17.4 Å². The molecule has 9 nitrogen and oxygen atoms in total. The van der Waals surface area contributed by atoms with E-state index in [1.807, 2.05) is 37.3 Å². The van der Waals surface area contributed by atoms with Crippen molar-refractivity contribution in [1.82, 2.24) is 9.62 Å². The maximum atomic E-state index is 13.8. The molecule has 10 heteroatoms. The number of nitrogens with zero attached hydrogens (tertiary/aromatic N) is 1. The van der Waals surface area contributed by atoms with E-state index in [1.165, 1.54) is 6.07 Å². The van der Waals surface area contributed by atoms with Crippen molar-refractivity contribution < 1.29 is 17.9 Å². The molecular weight excluding hydrogens is 538 g/mol. The van der Waals surface area contributed by atoms with Gasteiger partial charge in [0.15, 0.2) is 0 Å². The molecule has 2 aromatic carbocycles. The maximum absolute atomic E-state index is 13.8. The van der Waals surface area contributed by atoms with Crippen molar-refractivity contribution in [3.05, 3.63) is 83.4 Å². The van der Waals surface area contributed by atoms with Crippen LogP contribution in [-0.4, -0.2) is 63.4 Å². The Kier molecular flexibility index (Phi) is 10.5. The van der Waals surface area contributed by atoms with Crippen molar-refractivity contribution in [2.75, 3.05) is 26.2 Å². The van der Waals surface area contributed by atoms with Gasteiger partial charge in [-0.2, -0.15) is 4.72 Å². The minimum atomic E-state index is -4.05. The molecule has 1 aliphatic carbocycles. The van der Waals surface area contributed by atoms with E-state index in [-0.39, 0.29) is 29.2 Å². The Labute approximate surface area is 243 Å². The SMILES string of the molecule is CCOC1C=CC(c2cccc(S(=O)(=O)NC(Cc3cccc(C(=N)N)c3)C(=O)N3CCC(CCN)CC3)c2)=CC1. The topological polar surface area (TPSA) is 152 Å². The molecule has 1 fully saturated rings. The normalized spacial score (nSPS) is 18.6. The Morgan fingerprint density at radius 1 is 1.17 bits per heavy atom. The van der Waals surface area contributed by atoms with Gasteiger partial charge in [0.25, 0.3) is 0 Å². The predicted molar refractivity (Wildman–Crippen MR) is 162 cm³/mol. The molecule has 0 bridgehead atoms. The first kappa shape index (κ1) is 30.6. The third kappa shape index (κ3) is 8.13. The Morgan fingerprint density at radius 2 is 1.93 bits per heavy atom. The van der Waals surface area contributed by atoms with E-state index in [1.54, 1.807) is 35.2 Å². The first-order chi connectivity index (χ1) is 19.7. The minimum absolute atomic E-state index is 0.0194. The van der Waals surface area contributed by atoms with Gasteiger partial charge in [-0.15, -0.1) is 0 Å². The molecule has 1 heterocycles. The molecule has 0 saturated carbocycles. The van der Waals surface area contributed by atoms with E-state index in [0.717, 1.165) is 30.4 Å². The third-order valence-electron chi connectivity index (χ3n) is 7.69. The lowest BCUT2D eigenvalue weighted by molar-refractivity contribution is -0.134. The summed E-state index contributed by atoms with van der Waals surface area (Å²) in [6.45, 7) is 4.33. The predicted octanol–water partition coefficient (Wildman–Crippen LogP) is 3.20. The van der Waals surface area contributed by atoms with Crippen LogP contribution >= 0.6 is 0 Å². The molecule has 2 atom stereocenters. The summed E-state index contributed by atoms with van der Waals surface area (Å²) in [4.78, 5) is 15.6. The molecular formula is C31H41N5O4S. The molecule has 1 aliphatic heterocycles. The number of carbonyl (C=O) groups excluding carboxylic acids is 1. The number of nitrogens with one attached hydrogen (secondary N) is 2. The molecule has 4 rings (SSSR count). The van der Waals surface area contributed by atoms with Crippen LogP contribution in [-0.2, 0) is 26.0 Å². The standard InChI is InChI=1S/C31H41N5O4S/c1-2-40-27-11-9-24(10-12-27)25-6-4-8-28(21-25)41(38,39)35-29(20-23-5-3-7-26(19-23)30(33)34)31(37)36-17-14-22(13-16-32)15-18-36/h3-11,19,21-22,27,29,35H,2,12-18,20,32H2,1H3,(H3,33,34). The lowest BCUT2D eigenvalue weighted by atomic mass is 9.93. The number of carbonyl (C=O) groups is 1. The molecule has 0 radical (unpaired) electrons. The lowest BCUT2D eigenvalue weighted by Crippen LogP contribution is -2.51. The monoisotopic (exact) mass is 579 g/mol. The molecule has 2 aliphatic rings. The van der Waals surface area contributed by atoms with Crippen LogP contribution in [0.4, 0.5) is 0 Å². The number of amidine groups is 1. The van der Waals surface area contributed by atoms with Crippen LogP contribution in [0.1, 0.15) is 49.3 Å². The van der Waals surface area contributed by atoms with Crippen LogP contribution in [0.15, 0.2) is 71.7 Å². The molecule has 2 aromatic rings. The Bertz CT molecular complexity index is 1400. The second-order valence-corrected chi connectivity index (χ2v) is 12.3. The fourth-order valence-corrected chi connectivity index (χ4v) is 6.66. The van der Waals surface area contributed by atoms with Crippen LogP contribution in [0.2, 0.25) is 0 Å². The van der Waals surface area contributed by atoms with Crippen LogP contribution in [0.5, 0.6) is 0 Å². The van der Waals surface area contributed by atoms with E-state index in [2.05, 4.69) is 4.72 Å². The lowest BCUT2D eigenvalue weighted by Gasteiger charge is -2.34. The van der Waals surface area contributed by atoms with Gasteiger partial charge in [0.05, 0.1) is 11.0 Å². The van der Waals surface area contributed by atoms with Gasteiger partial charge in [-0.3, -0.25) is 10.2 Å². The number of ether oxygens (including phenoxy) is 1. The van der Waals surface area contributed by atoms with E-state index in [9.17, 15) is 13.2 Å². The van der Waals surface area contributed by atoms with Gasteiger partial charge in [-0.25, -0.2) is 8.42 Å². The summed E-state index contributed by atoms with van der Waals surface area (Å²) in [6.07, 6.45) is 9.46. The van der Waals surface area contributed by atoms with Gasteiger partial charge in [-0.1, -0.05) is 48.6 Å². The number of allylic oxidation sites excluding steroid dienone is 2. The van der Waals surface area contributed by atoms with Crippen LogP contribution in [0.25, 0.3) is 5.57 Å². The highest BCUT2D eigenvalue weighted by Crippen LogP contribution is 2.26. The van der Waals surface area contributed by atoms with Crippen LogP contribution < -0.4 is 16.2 Å². The zero-order valence-corrected chi connectivity index (χ0v) is 24.4. The molecule has 0 spiro atoms. The second-order valence-electron chi connectivity index (χ2n) is 10.6. The number of likely N-dealkylation sites (tertiary alicyclic amines) is 1. The average Bonchev–Trinajstić information content (AvgIpc) is 2.98. The van der Waals surface area contributed by atoms with Crippen molar-refractivity contribution in [2.45, 2.75) is 56.1 Å². The van der Waals surface area contributed by atoms with Crippen molar-refractivity contribution in [3.63, 3.8) is 0 Å². The summed E-state index contributed by atoms with van der Waals surface area (Å²) in [7, 11) is -4.05. The number of rotatable bonds is 12. The Balaban J connectivity index is 1.57. The van der Waals surface area contributed by atoms with Crippen LogP contribution in [0.3, 0.4) is 0 Å². The molecule has 2 unspecified atom stereocenters. The van der Waals surface area contributed by atoms with Gasteiger partial charge in [0, 0.05) is 25.3 Å². The quantitative estimate of drug-likeness (QED) is 0.224. The third-order valence-corrected chi connectivity index (χ3v) is 9.16. The highest BCUT2D eigenvalue weighted by Gasteiger charge is 2.32. The fraction of sp³-hybridized carbons (Fsp3) is 0.419. The Hall–Kier alpha value is -3.31. The van der Waals surface area contributed by atoms with Gasteiger partial charge < -0.3 is 21.1 Å². The van der Waals surface area contributed by atoms with Crippen molar-refractivity contribution in [3.8, 4) is 0 Å². The zero-order valence-electron chi connectivity index (χ0n) is 23.6. The summed E-state index contributed by atoms with van der Waals surface area (Å²) in [5.41, 5.74) is 14.3. The summed E-state index contributed by atoms with van der Waals surface area (Å²) in [5.74, 6) is 0.123. The zero-order chi connectivity index (χ0) is 29.4. The van der Waals surface area contributed by atoms with E-state index >= 15 is 0 Å². The van der Waals surface area contributed by atoms with Crippen molar-refractivity contribution >= 4 is 27.3 Å². The molecule has 6 N–H and O–H groups in total. The number of sulfonamides is 1. The van der Waals surface area contributed by atoms with Gasteiger partial charge in [0.1, 0.15) is 11.9 Å². The summed E-state index contributed by atoms with van der Waals surface area (Å²) < 4.78 is 35.8. The largest absolute Gasteiger partial charge is 0.384 e. The minimum Gasteiger partial charge on any atom is -0.384 e. The first-order valence-electron chi connectivity index (χ1n) is 14.2. The van der Waals surface area contributed by atoms with Gasteiger partial charge >= 0.3 is 0 Å². The number of benzene rings is 2. The molecule has 0 aromatic heterocycles. The molecule has 1 amide bonds. The molecule has 1 saturated heterocycles. The van der Waals surface area contributed by atoms with Gasteiger partial charge in [-0.05, 0) is 86.4 Å². The van der Waals surface area contributed by atoms with Crippen LogP contribution in [0, 0.1) is 11.3 Å². The number of amides is 1. The van der Waals surface area contributed by atoms with E-state index in [4.69, 9.17) is 21.6 Å². The molecule has 220 valence electrons. The number of nitrogens with two attached hydrogens (primary N) is 2. The first-order valence-corrected chi connectivity index (χ1v) is 15.7. The Morgan fingerprint density at radius 3 is 2.59 bits per heavy atom. The fourth-order valence-electron chi connectivity index (χ4n) is 5.43. The average molecular weight is 580 g/mol. The number of hydrogen-bond acceptors (Lipinski definition) is 6. The number of hydrogen-bond donors (Lipinski definition) is 4. The maximum Gasteiger partial charge on any atom is 0.241 e. The second kappa shape index (κ2) is 14.0. The number of piperidine rings is 1. The summed E-state index contributed by atoms with van der Waals surface area (Å²) in [5, 5.41) is 7.77. The van der Waals surface area contributed by atoms with E-state index < -0.39 is 16.1 Å². The van der Waals surface area contributed by atoms with E-state index in [0.29, 0.717) is 49.7 Å². The smallest absolute Gasteiger partial charge is 0.241 e. The molecule has 41 heavy (non-hydrogen) atoms. The summed E-state index contributed by atoms with van der Waals surface area (Å²) >= 11 is 0. The highest BCUT2D eigenvalue weighted by molar-refractivity contribution is 7.89. The van der Waals surface area contributed by atoms with Gasteiger partial charge in [0.2, 0.25) is 15.9 Å².